The molecule has 0 saturated carbocycles. The Morgan fingerprint density at radius 2 is 2.14 bits per heavy atom. The quantitative estimate of drug-likeness (QED) is 0.913. The van der Waals surface area contributed by atoms with Crippen LogP contribution in [0.4, 0.5) is 11.5 Å². The molecule has 0 aliphatic rings. The second kappa shape index (κ2) is 6.28. The first-order chi connectivity index (χ1) is 9.96. The van der Waals surface area contributed by atoms with Crippen LogP contribution in [0.5, 0.6) is 0 Å². The Balaban J connectivity index is 2.38. The van der Waals surface area contributed by atoms with Crippen molar-refractivity contribution in [2.45, 2.75) is 11.8 Å². The highest BCUT2D eigenvalue weighted by molar-refractivity contribution is 7.92. The lowest BCUT2D eigenvalue weighted by Crippen LogP contribution is -2.26. The first-order valence-corrected chi connectivity index (χ1v) is 8.07. The van der Waals surface area contributed by atoms with E-state index in [9.17, 15) is 8.42 Å². The summed E-state index contributed by atoms with van der Waals surface area (Å²) in [6.07, 6.45) is 4.33. The minimum atomic E-state index is -3.73. The van der Waals surface area contributed by atoms with Gasteiger partial charge in [0.2, 0.25) is 0 Å². The Morgan fingerprint density at radius 3 is 2.71 bits per heavy atom. The van der Waals surface area contributed by atoms with Crippen molar-refractivity contribution in [3.05, 3.63) is 41.8 Å². The predicted molar refractivity (Wildman–Crippen MR) is 83.2 cm³/mol. The molecule has 8 heteroatoms. The van der Waals surface area contributed by atoms with Crippen LogP contribution in [-0.2, 0) is 10.0 Å². The SMILES string of the molecule is CCNc1ncc(S(=O)(=O)N(C)c2cccnc2)cc1Cl. The van der Waals surface area contributed by atoms with Gasteiger partial charge in [0.25, 0.3) is 10.0 Å². The molecule has 0 saturated heterocycles. The number of nitrogens with zero attached hydrogens (tertiary/aromatic N) is 3. The monoisotopic (exact) mass is 326 g/mol. The van der Waals surface area contributed by atoms with E-state index in [0.717, 1.165) is 4.31 Å². The van der Waals surface area contributed by atoms with Crippen molar-refractivity contribution in [1.82, 2.24) is 9.97 Å². The van der Waals surface area contributed by atoms with Crippen LogP contribution in [0.3, 0.4) is 0 Å². The van der Waals surface area contributed by atoms with Crippen LogP contribution in [0.2, 0.25) is 5.02 Å². The third-order valence-electron chi connectivity index (χ3n) is 2.83. The summed E-state index contributed by atoms with van der Waals surface area (Å²) in [5.74, 6) is 0.460. The smallest absolute Gasteiger partial charge is 0.265 e. The molecule has 0 aliphatic heterocycles. The maximum atomic E-state index is 12.5. The van der Waals surface area contributed by atoms with E-state index in [0.29, 0.717) is 18.1 Å². The largest absolute Gasteiger partial charge is 0.369 e. The molecule has 1 N–H and O–H groups in total. The molecular formula is C13H15ClN4O2S. The highest BCUT2D eigenvalue weighted by atomic mass is 35.5. The molecule has 0 fully saturated rings. The summed E-state index contributed by atoms with van der Waals surface area (Å²) >= 11 is 6.04. The van der Waals surface area contributed by atoms with Gasteiger partial charge in [-0.3, -0.25) is 9.29 Å². The summed E-state index contributed by atoms with van der Waals surface area (Å²) in [7, 11) is -2.27. The lowest BCUT2D eigenvalue weighted by atomic mass is 10.4. The first-order valence-electron chi connectivity index (χ1n) is 6.25. The molecule has 0 spiro atoms. The maximum absolute atomic E-state index is 12.5. The fourth-order valence-electron chi connectivity index (χ4n) is 1.70. The van der Waals surface area contributed by atoms with E-state index in [1.165, 1.54) is 25.5 Å². The standard InChI is InChI=1S/C13H15ClN4O2S/c1-3-16-13-12(14)7-11(9-17-13)21(19,20)18(2)10-5-4-6-15-8-10/h4-9H,3H2,1-2H3,(H,16,17). The number of rotatable bonds is 5. The first kappa shape index (κ1) is 15.5. The molecule has 112 valence electrons. The molecule has 0 amide bonds. The van der Waals surface area contributed by atoms with Crippen LogP contribution in [0.1, 0.15) is 6.92 Å². The molecular weight excluding hydrogens is 312 g/mol. The summed E-state index contributed by atoms with van der Waals surface area (Å²) < 4.78 is 26.2. The van der Waals surface area contributed by atoms with Gasteiger partial charge in [-0.05, 0) is 25.1 Å². The molecule has 2 heterocycles. The van der Waals surface area contributed by atoms with Crippen molar-refractivity contribution < 1.29 is 8.42 Å². The number of hydrogen-bond donors (Lipinski definition) is 1. The van der Waals surface area contributed by atoms with Gasteiger partial charge in [-0.1, -0.05) is 11.6 Å². The Bertz CT molecular complexity index is 722. The predicted octanol–water partition coefficient (Wildman–Crippen LogP) is 2.39. The van der Waals surface area contributed by atoms with E-state index in [1.54, 1.807) is 18.3 Å². The summed E-state index contributed by atoms with van der Waals surface area (Å²) in [4.78, 5) is 7.99. The van der Waals surface area contributed by atoms with Gasteiger partial charge >= 0.3 is 0 Å². The third-order valence-corrected chi connectivity index (χ3v) is 4.87. The van der Waals surface area contributed by atoms with Gasteiger partial charge in [0, 0.05) is 26.0 Å². The Kier molecular flexibility index (Phi) is 4.64. The van der Waals surface area contributed by atoms with Gasteiger partial charge in [-0.25, -0.2) is 13.4 Å². The van der Waals surface area contributed by atoms with Crippen LogP contribution >= 0.6 is 11.6 Å². The number of pyridine rings is 2. The molecule has 0 radical (unpaired) electrons. The van der Waals surface area contributed by atoms with Crippen molar-refractivity contribution in [1.29, 1.82) is 0 Å². The van der Waals surface area contributed by atoms with E-state index in [4.69, 9.17) is 11.6 Å². The molecule has 2 aromatic rings. The second-order valence-electron chi connectivity index (χ2n) is 4.22. The normalized spacial score (nSPS) is 11.2. The van der Waals surface area contributed by atoms with E-state index in [2.05, 4.69) is 15.3 Å². The van der Waals surface area contributed by atoms with Gasteiger partial charge < -0.3 is 5.32 Å². The fraction of sp³-hybridized carbons (Fsp3) is 0.231. The van der Waals surface area contributed by atoms with Crippen molar-refractivity contribution in [2.24, 2.45) is 0 Å². The van der Waals surface area contributed by atoms with Crippen molar-refractivity contribution in [2.75, 3.05) is 23.2 Å². The topological polar surface area (TPSA) is 75.2 Å². The highest BCUT2D eigenvalue weighted by Crippen LogP contribution is 2.26. The summed E-state index contributed by atoms with van der Waals surface area (Å²) in [6.45, 7) is 2.55. The average molecular weight is 327 g/mol. The van der Waals surface area contributed by atoms with Crippen LogP contribution in [-0.4, -0.2) is 32.0 Å². The molecule has 0 atom stereocenters. The zero-order valence-corrected chi connectivity index (χ0v) is 13.2. The number of anilines is 2. The number of halogens is 1. The van der Waals surface area contributed by atoms with Gasteiger partial charge in [0.1, 0.15) is 10.7 Å². The van der Waals surface area contributed by atoms with Crippen LogP contribution in [0.25, 0.3) is 0 Å². The Hall–Kier alpha value is -1.86. The summed E-state index contributed by atoms with van der Waals surface area (Å²) in [5, 5.41) is 3.22. The molecule has 2 aromatic heterocycles. The zero-order valence-electron chi connectivity index (χ0n) is 11.6. The van der Waals surface area contributed by atoms with E-state index < -0.39 is 10.0 Å². The van der Waals surface area contributed by atoms with E-state index >= 15 is 0 Å². The Labute approximate surface area is 128 Å². The zero-order chi connectivity index (χ0) is 15.5. The van der Waals surface area contributed by atoms with E-state index in [-0.39, 0.29) is 9.92 Å². The minimum Gasteiger partial charge on any atom is -0.369 e. The van der Waals surface area contributed by atoms with Gasteiger partial charge in [0.15, 0.2) is 0 Å². The third kappa shape index (κ3) is 3.25. The van der Waals surface area contributed by atoms with Crippen LogP contribution in [0.15, 0.2) is 41.7 Å². The summed E-state index contributed by atoms with van der Waals surface area (Å²) in [6, 6.07) is 4.71. The minimum absolute atomic E-state index is 0.0282. The van der Waals surface area contributed by atoms with Gasteiger partial charge in [0.05, 0.1) is 16.9 Å². The summed E-state index contributed by atoms with van der Waals surface area (Å²) in [5.41, 5.74) is 0.462. The van der Waals surface area contributed by atoms with Crippen LogP contribution in [0, 0.1) is 0 Å². The molecule has 0 aromatic carbocycles. The van der Waals surface area contributed by atoms with Gasteiger partial charge in [-0.15, -0.1) is 0 Å². The molecule has 0 aliphatic carbocycles. The lowest BCUT2D eigenvalue weighted by molar-refractivity contribution is 0.594. The van der Waals surface area contributed by atoms with Crippen LogP contribution < -0.4 is 9.62 Å². The van der Waals surface area contributed by atoms with Crippen molar-refractivity contribution in [3.8, 4) is 0 Å². The van der Waals surface area contributed by atoms with E-state index in [1.807, 2.05) is 6.92 Å². The number of nitrogens with one attached hydrogen (secondary N) is 1. The second-order valence-corrected chi connectivity index (χ2v) is 6.59. The fourth-order valence-corrected chi connectivity index (χ4v) is 3.15. The average Bonchev–Trinajstić information content (AvgIpc) is 2.49. The lowest BCUT2D eigenvalue weighted by Gasteiger charge is -2.19. The number of hydrogen-bond acceptors (Lipinski definition) is 5. The molecule has 21 heavy (non-hydrogen) atoms. The van der Waals surface area contributed by atoms with Gasteiger partial charge in [-0.2, -0.15) is 0 Å². The highest BCUT2D eigenvalue weighted by Gasteiger charge is 2.23. The number of sulfonamides is 1. The van der Waals surface area contributed by atoms with Crippen molar-refractivity contribution in [3.63, 3.8) is 0 Å². The Morgan fingerprint density at radius 1 is 1.38 bits per heavy atom. The molecule has 6 nitrogen and oxygen atoms in total. The molecule has 0 unspecified atom stereocenters. The molecule has 0 bridgehead atoms. The number of aromatic nitrogens is 2. The maximum Gasteiger partial charge on any atom is 0.265 e. The molecule has 2 rings (SSSR count). The van der Waals surface area contributed by atoms with Crippen molar-refractivity contribution >= 4 is 33.1 Å².